The van der Waals surface area contributed by atoms with Crippen LogP contribution in [0.3, 0.4) is 0 Å². The van der Waals surface area contributed by atoms with Gasteiger partial charge in [0.05, 0.1) is 17.1 Å². The number of anilines is 6. The van der Waals surface area contributed by atoms with Crippen LogP contribution >= 0.6 is 0 Å². The summed E-state index contributed by atoms with van der Waals surface area (Å²) in [7, 11) is 0. The highest BCUT2D eigenvalue weighted by Crippen LogP contribution is 2.58. The Morgan fingerprint density at radius 3 is 0.613 bits per heavy atom. The molecule has 0 saturated heterocycles. The third-order valence-electron chi connectivity index (χ3n) is 35.8. The predicted molar refractivity (Wildman–Crippen MR) is 606 cm³/mol. The molecule has 0 atom stereocenters. The summed E-state index contributed by atoms with van der Waals surface area (Å²) in [5.41, 5.74) is 40.6. The largest absolute Gasteiger partial charge is 0.309 e. The van der Waals surface area contributed by atoms with Crippen LogP contribution in [0.15, 0.2) is 340 Å². The van der Waals surface area contributed by atoms with E-state index in [1.54, 1.807) is 0 Å². The van der Waals surface area contributed by atoms with Gasteiger partial charge in [0, 0.05) is 44.2 Å². The lowest BCUT2D eigenvalue weighted by atomic mass is 9.83. The molecule has 8 aliphatic carbocycles. The van der Waals surface area contributed by atoms with Crippen molar-refractivity contribution >= 4 is 55.7 Å². The Hall–Kier alpha value is -12.4. The van der Waals surface area contributed by atoms with Crippen molar-refractivity contribution in [1.82, 2.24) is 0 Å². The molecule has 8 saturated carbocycles. The van der Waals surface area contributed by atoms with Gasteiger partial charge in [0.15, 0.2) is 0 Å². The molecule has 0 heterocycles. The molecule has 0 N–H and O–H groups in total. The lowest BCUT2D eigenvalue weighted by Gasteiger charge is -2.35. The van der Waals surface area contributed by atoms with E-state index in [4.69, 9.17) is 0 Å². The van der Waals surface area contributed by atoms with Crippen LogP contribution in [-0.2, 0) is 0 Å². The quantitative estimate of drug-likeness (QED) is 0.0465. The van der Waals surface area contributed by atoms with Crippen LogP contribution in [-0.4, -0.2) is 0 Å². The van der Waals surface area contributed by atoms with Gasteiger partial charge in [-0.1, -0.05) is 421 Å². The van der Waals surface area contributed by atoms with Gasteiger partial charge in [-0.15, -0.1) is 0 Å². The second-order valence-electron chi connectivity index (χ2n) is 44.7. The summed E-state index contributed by atoms with van der Waals surface area (Å²) in [4.78, 5) is 5.58. The summed E-state index contributed by atoms with van der Waals surface area (Å²) < 4.78 is 0. The van der Waals surface area contributed by atoms with Crippen LogP contribution in [0.4, 0.5) is 34.1 Å². The lowest BCUT2D eigenvalue weighted by Crippen LogP contribution is -2.16. The Morgan fingerprint density at radius 1 is 0.134 bits per heavy atom. The first kappa shape index (κ1) is 92.1. The van der Waals surface area contributed by atoms with Gasteiger partial charge >= 0.3 is 0 Å². The maximum Gasteiger partial charge on any atom is 0.0620 e. The molecule has 8 aliphatic rings. The molecule has 714 valence electrons. The zero-order chi connectivity index (χ0) is 94.4. The fraction of sp³-hybridized carbons (Fsp3) is 0.343. The van der Waals surface area contributed by atoms with E-state index in [0.717, 1.165) is 34.1 Å². The third kappa shape index (κ3) is 19.9. The smallest absolute Gasteiger partial charge is 0.0620 e. The minimum atomic E-state index is 0.560. The number of hydrogen-bond donors (Lipinski definition) is 0. The predicted octanol–water partition coefficient (Wildman–Crippen LogP) is 42.3. The van der Waals surface area contributed by atoms with Gasteiger partial charge in [-0.05, 0) is 362 Å². The van der Waals surface area contributed by atoms with E-state index in [2.05, 4.69) is 350 Å². The first-order valence-corrected chi connectivity index (χ1v) is 56.4. The molecular formula is C140H144N2. The van der Waals surface area contributed by atoms with Gasteiger partial charge in [0.25, 0.3) is 0 Å². The molecule has 2 heteroatoms. The topological polar surface area (TPSA) is 6.48 Å². The van der Waals surface area contributed by atoms with Gasteiger partial charge in [0.1, 0.15) is 0 Å². The van der Waals surface area contributed by atoms with Crippen LogP contribution in [0.25, 0.3) is 122 Å². The van der Waals surface area contributed by atoms with Crippen LogP contribution in [0.1, 0.15) is 349 Å². The summed E-state index contributed by atoms with van der Waals surface area (Å²) >= 11 is 0. The maximum atomic E-state index is 2.80. The van der Waals surface area contributed by atoms with E-state index in [1.165, 1.54) is 423 Å². The minimum Gasteiger partial charge on any atom is -0.309 e. The summed E-state index contributed by atoms with van der Waals surface area (Å²) in [6, 6.07) is 139. The summed E-state index contributed by atoms with van der Waals surface area (Å²) in [5.74, 6) is 4.72. The molecule has 0 aromatic heterocycles. The molecule has 0 amide bonds. The summed E-state index contributed by atoms with van der Waals surface area (Å²) in [6.07, 6.45) is 51.8. The minimum absolute atomic E-state index is 0.560. The molecule has 142 heavy (non-hydrogen) atoms. The Balaban J connectivity index is 0.799. The first-order chi connectivity index (χ1) is 70.3. The molecule has 24 rings (SSSR count). The van der Waals surface area contributed by atoms with Crippen LogP contribution in [0, 0.1) is 0 Å². The lowest BCUT2D eigenvalue weighted by molar-refractivity contribution is 0.443. The monoisotopic (exact) mass is 1850 g/mol. The SMILES string of the molecule is c1ccc(-c2ccc3c(N(c4cc(-c5ccc(C6CCCCC6)cc5)cc(-c5ccc(C6CCCCC6)cc5)c4)c4cc(-c5ccc(C6CCCCC6)cc5)cc(-c5ccc(C6CCCCC6)cc5)c4)c4ccccc4c(N(c4cc(-c5ccc(C6CCCCC6)cc5)cc(-c5ccc(C6CCCCC6)cc5)c4)c4ccc(-c5ccc(C6CCCCC6)cc5)cc4-c4ccc(C5CCCCC5)cc4)c3c2)cc1. The van der Waals surface area contributed by atoms with E-state index >= 15 is 0 Å². The first-order valence-electron chi connectivity index (χ1n) is 56.4. The molecule has 16 aromatic rings. The second-order valence-corrected chi connectivity index (χ2v) is 44.7. The zero-order valence-corrected chi connectivity index (χ0v) is 84.1. The molecule has 0 unspecified atom stereocenters. The maximum absolute atomic E-state index is 2.80. The summed E-state index contributed by atoms with van der Waals surface area (Å²) in [6.45, 7) is 0. The highest BCUT2D eigenvalue weighted by molar-refractivity contribution is 6.25. The Kier molecular flexibility index (Phi) is 27.7. The number of benzene rings is 16. The second kappa shape index (κ2) is 42.7. The highest BCUT2D eigenvalue weighted by atomic mass is 15.2. The number of fused-ring (bicyclic) bond motifs is 2. The zero-order valence-electron chi connectivity index (χ0n) is 84.1. The molecular weight excluding hydrogens is 1710 g/mol. The van der Waals surface area contributed by atoms with Crippen LogP contribution in [0.5, 0.6) is 0 Å². The summed E-state index contributed by atoms with van der Waals surface area (Å²) in [5, 5.41) is 4.68. The number of hydrogen-bond acceptors (Lipinski definition) is 2. The van der Waals surface area contributed by atoms with Gasteiger partial charge in [-0.25, -0.2) is 0 Å². The van der Waals surface area contributed by atoms with Crippen molar-refractivity contribution in [2.45, 2.75) is 304 Å². The molecule has 0 spiro atoms. The average Bonchev–Trinajstić information content (AvgIpc) is 0.710. The van der Waals surface area contributed by atoms with Crippen molar-refractivity contribution in [3.8, 4) is 100 Å². The standard InChI is InChI=1S/C140H144N2/c1-10-30-97(31-11-1)106-50-64-114(65-51-106)123-83-85-138(136(95-123)121-80-78-113(79-81-121)104-44-24-8-25-45-104)142(132-93-128(119-74-60-111(61-75-119)102-40-20-6-21-41-102)88-129(94-132)120-76-62-112(63-77-120)103-42-22-7-23-43-103)140-134-49-29-28-48-133(134)139(135-84-82-122(96-137(135)140)105-46-26-9-27-47-105)141(130-89-124(115-66-52-107(53-67-115)98-32-12-2-13-33-98)86-125(90-130)116-68-54-108(55-69-116)99-34-14-3-15-35-99)131-91-126(117-70-56-109(57-71-117)100-36-16-4-17-37-100)87-127(92-131)118-72-58-110(59-73-118)101-38-18-5-19-39-101/h9,26-29,46-104H,1-8,10-25,30-45H2. The third-order valence-corrected chi connectivity index (χ3v) is 35.8. The van der Waals surface area contributed by atoms with Gasteiger partial charge in [-0.3, -0.25) is 0 Å². The molecule has 0 bridgehead atoms. The van der Waals surface area contributed by atoms with Crippen molar-refractivity contribution in [2.75, 3.05) is 9.80 Å². The number of nitrogens with zero attached hydrogens (tertiary/aromatic N) is 2. The molecule has 16 aromatic carbocycles. The molecule has 2 nitrogen and oxygen atoms in total. The van der Waals surface area contributed by atoms with Crippen LogP contribution < -0.4 is 9.80 Å². The van der Waals surface area contributed by atoms with Gasteiger partial charge in [0.2, 0.25) is 0 Å². The fourth-order valence-corrected chi connectivity index (χ4v) is 27.6. The average molecular weight is 1850 g/mol. The molecule has 8 fully saturated rings. The van der Waals surface area contributed by atoms with E-state index in [9.17, 15) is 0 Å². The van der Waals surface area contributed by atoms with Crippen molar-refractivity contribution < 1.29 is 0 Å². The van der Waals surface area contributed by atoms with Crippen LogP contribution in [0.2, 0.25) is 0 Å². The van der Waals surface area contributed by atoms with Crippen molar-refractivity contribution in [1.29, 1.82) is 0 Å². The van der Waals surface area contributed by atoms with Crippen molar-refractivity contribution in [2.24, 2.45) is 0 Å². The van der Waals surface area contributed by atoms with E-state index in [-0.39, 0.29) is 0 Å². The molecule has 0 aliphatic heterocycles. The van der Waals surface area contributed by atoms with E-state index in [0.29, 0.717) is 47.3 Å². The Bertz CT molecular complexity index is 6580. The normalized spacial score (nSPS) is 17.8. The van der Waals surface area contributed by atoms with Gasteiger partial charge in [-0.2, -0.15) is 0 Å². The highest BCUT2D eigenvalue weighted by Gasteiger charge is 2.33. The molecule has 0 radical (unpaired) electrons. The van der Waals surface area contributed by atoms with Crippen molar-refractivity contribution in [3.63, 3.8) is 0 Å². The van der Waals surface area contributed by atoms with Gasteiger partial charge < -0.3 is 9.80 Å². The Morgan fingerprint density at radius 2 is 0.338 bits per heavy atom. The van der Waals surface area contributed by atoms with Crippen molar-refractivity contribution in [3.05, 3.63) is 384 Å². The van der Waals surface area contributed by atoms with E-state index in [1.807, 2.05) is 0 Å². The fourth-order valence-electron chi connectivity index (χ4n) is 27.6. The Labute approximate surface area is 848 Å². The van der Waals surface area contributed by atoms with E-state index < -0.39 is 0 Å². The number of rotatable bonds is 23.